The topological polar surface area (TPSA) is 50.3 Å². The summed E-state index contributed by atoms with van der Waals surface area (Å²) in [7, 11) is -3.54. The minimum Gasteiger partial charge on any atom is -0.244 e. The minimum atomic E-state index is -3.54. The van der Waals surface area contributed by atoms with Crippen LogP contribution in [0.3, 0.4) is 0 Å². The Balaban J connectivity index is 2.01. The molecule has 1 aliphatic rings. The summed E-state index contributed by atoms with van der Waals surface area (Å²) in [6, 6.07) is 4.73. The zero-order valence-electron chi connectivity index (χ0n) is 10.8. The summed E-state index contributed by atoms with van der Waals surface area (Å²) in [5.74, 6) is 0. The lowest BCUT2D eigenvalue weighted by molar-refractivity contribution is 0.329. The third kappa shape index (κ3) is 2.26. The standard InChI is InChI=1S/C13H13ClN2O2S2/c1-9-11-4-7-19-12(11)3-6-16(9)20(17,18)10-2-5-15-13(14)8-10/h2,4-5,7-9H,3,6H2,1H3. The van der Waals surface area contributed by atoms with E-state index in [1.807, 2.05) is 18.4 Å². The van der Waals surface area contributed by atoms with Crippen molar-refractivity contribution in [2.75, 3.05) is 6.54 Å². The van der Waals surface area contributed by atoms with Gasteiger partial charge in [-0.3, -0.25) is 0 Å². The summed E-state index contributed by atoms with van der Waals surface area (Å²) in [6.07, 6.45) is 2.18. The van der Waals surface area contributed by atoms with Gasteiger partial charge in [-0.1, -0.05) is 11.6 Å². The van der Waals surface area contributed by atoms with Gasteiger partial charge in [0.1, 0.15) is 5.15 Å². The van der Waals surface area contributed by atoms with Gasteiger partial charge in [0.15, 0.2) is 0 Å². The van der Waals surface area contributed by atoms with E-state index >= 15 is 0 Å². The zero-order chi connectivity index (χ0) is 14.3. The Hall–Kier alpha value is -0.950. The second kappa shape index (κ2) is 5.11. The maximum absolute atomic E-state index is 12.7. The van der Waals surface area contributed by atoms with Gasteiger partial charge in [-0.15, -0.1) is 11.3 Å². The first-order valence-corrected chi connectivity index (χ1v) is 8.89. The van der Waals surface area contributed by atoms with Crippen LogP contribution >= 0.6 is 22.9 Å². The zero-order valence-corrected chi connectivity index (χ0v) is 13.2. The van der Waals surface area contributed by atoms with Crippen molar-refractivity contribution in [1.82, 2.24) is 9.29 Å². The quantitative estimate of drug-likeness (QED) is 0.796. The molecular formula is C13H13ClN2O2S2. The van der Waals surface area contributed by atoms with Gasteiger partial charge in [0.25, 0.3) is 0 Å². The number of rotatable bonds is 2. The van der Waals surface area contributed by atoms with E-state index in [4.69, 9.17) is 11.6 Å². The van der Waals surface area contributed by atoms with Crippen molar-refractivity contribution in [2.24, 2.45) is 0 Å². The average molecular weight is 329 g/mol. The Morgan fingerprint density at radius 2 is 2.25 bits per heavy atom. The van der Waals surface area contributed by atoms with Crippen LogP contribution in [0.1, 0.15) is 23.4 Å². The van der Waals surface area contributed by atoms with Crippen LogP contribution < -0.4 is 0 Å². The molecule has 4 nitrogen and oxygen atoms in total. The molecule has 0 saturated heterocycles. The van der Waals surface area contributed by atoms with Crippen LogP contribution in [0.15, 0.2) is 34.7 Å². The highest BCUT2D eigenvalue weighted by Gasteiger charge is 2.34. The van der Waals surface area contributed by atoms with Crippen LogP contribution in [0, 0.1) is 0 Å². The van der Waals surface area contributed by atoms with E-state index < -0.39 is 10.0 Å². The molecule has 3 rings (SSSR count). The van der Waals surface area contributed by atoms with E-state index in [9.17, 15) is 8.42 Å². The molecule has 106 valence electrons. The predicted molar refractivity (Wildman–Crippen MR) is 79.6 cm³/mol. The average Bonchev–Trinajstić information content (AvgIpc) is 2.88. The lowest BCUT2D eigenvalue weighted by Gasteiger charge is -2.32. The number of thiophene rings is 1. The highest BCUT2D eigenvalue weighted by Crippen LogP contribution is 2.36. The Kier molecular flexibility index (Phi) is 3.58. The molecule has 2 aromatic rings. The lowest BCUT2D eigenvalue weighted by atomic mass is 10.0. The molecule has 0 spiro atoms. The first-order chi connectivity index (χ1) is 9.50. The molecule has 0 saturated carbocycles. The molecule has 2 aromatic heterocycles. The van der Waals surface area contributed by atoms with Crippen LogP contribution in [0.5, 0.6) is 0 Å². The number of pyridine rings is 1. The van der Waals surface area contributed by atoms with Gasteiger partial charge in [0.05, 0.1) is 4.90 Å². The molecule has 1 atom stereocenters. The number of halogens is 1. The number of hydrogen-bond acceptors (Lipinski definition) is 4. The summed E-state index contributed by atoms with van der Waals surface area (Å²) in [4.78, 5) is 5.30. The molecule has 0 fully saturated rings. The highest BCUT2D eigenvalue weighted by atomic mass is 35.5. The van der Waals surface area contributed by atoms with Crippen LogP contribution in [0.2, 0.25) is 5.15 Å². The van der Waals surface area contributed by atoms with Gasteiger partial charge in [-0.2, -0.15) is 4.31 Å². The molecular weight excluding hydrogens is 316 g/mol. The summed E-state index contributed by atoms with van der Waals surface area (Å²) < 4.78 is 27.0. The second-order valence-electron chi connectivity index (χ2n) is 4.66. The van der Waals surface area contributed by atoms with E-state index in [1.165, 1.54) is 27.5 Å². The molecule has 0 N–H and O–H groups in total. The molecule has 20 heavy (non-hydrogen) atoms. The van der Waals surface area contributed by atoms with E-state index in [0.29, 0.717) is 6.54 Å². The van der Waals surface area contributed by atoms with Crippen LogP contribution in [0.4, 0.5) is 0 Å². The van der Waals surface area contributed by atoms with Crippen LogP contribution in [-0.2, 0) is 16.4 Å². The molecule has 0 amide bonds. The molecule has 0 aromatic carbocycles. The third-order valence-corrected chi connectivity index (χ3v) is 6.69. The lowest BCUT2D eigenvalue weighted by Crippen LogP contribution is -2.38. The van der Waals surface area contributed by atoms with Crippen molar-refractivity contribution in [2.45, 2.75) is 24.3 Å². The maximum atomic E-state index is 12.7. The first-order valence-electron chi connectivity index (χ1n) is 6.20. The van der Waals surface area contributed by atoms with E-state index in [1.54, 1.807) is 11.3 Å². The fourth-order valence-electron chi connectivity index (χ4n) is 2.50. The molecule has 1 aliphatic heterocycles. The number of hydrogen-bond donors (Lipinski definition) is 0. The summed E-state index contributed by atoms with van der Waals surface area (Å²) in [5, 5.41) is 2.20. The highest BCUT2D eigenvalue weighted by molar-refractivity contribution is 7.89. The summed E-state index contributed by atoms with van der Waals surface area (Å²) in [5.41, 5.74) is 1.10. The van der Waals surface area contributed by atoms with Crippen molar-refractivity contribution < 1.29 is 8.42 Å². The van der Waals surface area contributed by atoms with Crippen molar-refractivity contribution >= 4 is 33.0 Å². The normalized spacial score (nSPS) is 19.8. The molecule has 7 heteroatoms. The summed E-state index contributed by atoms with van der Waals surface area (Å²) in [6.45, 7) is 2.42. The van der Waals surface area contributed by atoms with Gasteiger partial charge in [-0.25, -0.2) is 13.4 Å². The number of fused-ring (bicyclic) bond motifs is 1. The van der Waals surface area contributed by atoms with Crippen molar-refractivity contribution in [1.29, 1.82) is 0 Å². The van der Waals surface area contributed by atoms with Crippen molar-refractivity contribution in [3.8, 4) is 0 Å². The molecule has 1 unspecified atom stereocenters. The minimum absolute atomic E-state index is 0.151. The molecule has 0 bridgehead atoms. The number of aromatic nitrogens is 1. The molecule has 0 aliphatic carbocycles. The SMILES string of the molecule is CC1c2ccsc2CCN1S(=O)(=O)c1ccnc(Cl)c1. The third-order valence-electron chi connectivity index (χ3n) is 3.53. The van der Waals surface area contributed by atoms with Crippen molar-refractivity contribution in [3.05, 3.63) is 45.4 Å². The molecule has 3 heterocycles. The monoisotopic (exact) mass is 328 g/mol. The number of nitrogens with zero attached hydrogens (tertiary/aromatic N) is 2. The fourth-order valence-corrected chi connectivity index (χ4v) is 5.32. The maximum Gasteiger partial charge on any atom is 0.243 e. The van der Waals surface area contributed by atoms with Crippen molar-refractivity contribution in [3.63, 3.8) is 0 Å². The van der Waals surface area contributed by atoms with Crippen LogP contribution in [0.25, 0.3) is 0 Å². The van der Waals surface area contributed by atoms with Gasteiger partial charge >= 0.3 is 0 Å². The van der Waals surface area contributed by atoms with Gasteiger partial charge < -0.3 is 0 Å². The van der Waals surface area contributed by atoms with Crippen LogP contribution in [-0.4, -0.2) is 24.3 Å². The van der Waals surface area contributed by atoms with E-state index in [-0.39, 0.29) is 16.1 Å². The Morgan fingerprint density at radius 1 is 1.45 bits per heavy atom. The molecule has 0 radical (unpaired) electrons. The second-order valence-corrected chi connectivity index (χ2v) is 7.93. The Labute approximate surface area is 127 Å². The fraction of sp³-hybridized carbons (Fsp3) is 0.308. The Bertz CT molecular complexity index is 742. The smallest absolute Gasteiger partial charge is 0.243 e. The van der Waals surface area contributed by atoms with E-state index in [2.05, 4.69) is 4.98 Å². The largest absolute Gasteiger partial charge is 0.244 e. The predicted octanol–water partition coefficient (Wildman–Crippen LogP) is 3.10. The summed E-state index contributed by atoms with van der Waals surface area (Å²) >= 11 is 7.48. The van der Waals surface area contributed by atoms with Gasteiger partial charge in [0, 0.05) is 23.7 Å². The number of sulfonamides is 1. The Morgan fingerprint density at radius 3 is 3.00 bits per heavy atom. The van der Waals surface area contributed by atoms with E-state index in [0.717, 1.165) is 12.0 Å². The first kappa shape index (κ1) is 14.0. The van der Waals surface area contributed by atoms with Gasteiger partial charge in [-0.05, 0) is 42.5 Å². The van der Waals surface area contributed by atoms with Gasteiger partial charge in [0.2, 0.25) is 10.0 Å².